The number of hydrogen-bond donors (Lipinski definition) is 0. The van der Waals surface area contributed by atoms with Gasteiger partial charge in [0.15, 0.2) is 0 Å². The second-order valence-electron chi connectivity index (χ2n) is 6.27. The summed E-state index contributed by atoms with van der Waals surface area (Å²) in [6.45, 7) is 0. The fraction of sp³-hybridized carbons (Fsp3) is 0. The van der Waals surface area contributed by atoms with Gasteiger partial charge in [-0.3, -0.25) is 14.9 Å². The van der Waals surface area contributed by atoms with Crippen molar-refractivity contribution in [1.29, 1.82) is 0 Å². The molecule has 0 N–H and O–H groups in total. The van der Waals surface area contributed by atoms with E-state index in [1.807, 2.05) is 0 Å². The highest BCUT2D eigenvalue weighted by Gasteiger charge is 2.14. The Morgan fingerprint density at radius 2 is 1.80 bits per heavy atom. The highest BCUT2D eigenvalue weighted by molar-refractivity contribution is 6.42. The molecule has 0 aliphatic carbocycles. The molecular formula is C21H12Cl2N4O3. The van der Waals surface area contributed by atoms with Crippen LogP contribution in [0.5, 0.6) is 0 Å². The first-order valence-electron chi connectivity index (χ1n) is 8.70. The summed E-state index contributed by atoms with van der Waals surface area (Å²) in [4.78, 5) is 32.2. The normalized spacial score (nSPS) is 11.3. The lowest BCUT2D eigenvalue weighted by Gasteiger charge is -2.10. The number of aromatic nitrogens is 3. The summed E-state index contributed by atoms with van der Waals surface area (Å²) < 4.78 is 1.31. The Kier molecular flexibility index (Phi) is 5.31. The Hall–Kier alpha value is -3.55. The van der Waals surface area contributed by atoms with Gasteiger partial charge in [0.2, 0.25) is 0 Å². The van der Waals surface area contributed by atoms with Crippen LogP contribution in [0.15, 0.2) is 65.6 Å². The van der Waals surface area contributed by atoms with Gasteiger partial charge in [-0.2, -0.15) is 0 Å². The lowest BCUT2D eigenvalue weighted by Crippen LogP contribution is -2.23. The minimum Gasteiger partial charge on any atom is -0.268 e. The van der Waals surface area contributed by atoms with E-state index in [0.29, 0.717) is 26.8 Å². The fourth-order valence-electron chi connectivity index (χ4n) is 2.89. The average Bonchev–Trinajstić information content (AvgIpc) is 2.75. The Bertz CT molecular complexity index is 1370. The predicted molar refractivity (Wildman–Crippen MR) is 117 cm³/mol. The van der Waals surface area contributed by atoms with E-state index in [1.165, 1.54) is 16.7 Å². The van der Waals surface area contributed by atoms with E-state index in [2.05, 4.69) is 9.97 Å². The lowest BCUT2D eigenvalue weighted by atomic mass is 10.2. The number of para-hydroxylation sites is 1. The van der Waals surface area contributed by atoms with Crippen molar-refractivity contribution in [2.24, 2.45) is 0 Å². The molecule has 0 bridgehead atoms. The molecule has 0 aliphatic rings. The summed E-state index contributed by atoms with van der Waals surface area (Å²) in [5.74, 6) is 0.531. The van der Waals surface area contributed by atoms with E-state index >= 15 is 0 Å². The Labute approximate surface area is 180 Å². The zero-order chi connectivity index (χ0) is 21.3. The lowest BCUT2D eigenvalue weighted by molar-refractivity contribution is -0.385. The monoisotopic (exact) mass is 438 g/mol. The van der Waals surface area contributed by atoms with Crippen molar-refractivity contribution in [3.05, 3.63) is 103 Å². The standard InChI is InChI=1S/C21H12Cl2N4O3/c22-16-8-5-13(11-17(16)23)6-9-20-25-18-4-2-1-3-15(18)21(28)26(20)19-10-7-14(12-24-19)27(29)30/h1-12H/b9-6+. The van der Waals surface area contributed by atoms with Crippen molar-refractivity contribution in [2.45, 2.75) is 0 Å². The van der Waals surface area contributed by atoms with Gasteiger partial charge in [0.05, 0.1) is 25.9 Å². The smallest absolute Gasteiger partial charge is 0.268 e. The molecule has 4 rings (SSSR count). The van der Waals surface area contributed by atoms with Gasteiger partial charge in [-0.15, -0.1) is 0 Å². The highest BCUT2D eigenvalue weighted by Crippen LogP contribution is 2.24. The van der Waals surface area contributed by atoms with Crippen LogP contribution in [0.1, 0.15) is 11.4 Å². The van der Waals surface area contributed by atoms with Gasteiger partial charge in [-0.05, 0) is 42.0 Å². The summed E-state index contributed by atoms with van der Waals surface area (Å²) in [6.07, 6.45) is 4.49. The molecular weight excluding hydrogens is 427 g/mol. The second-order valence-corrected chi connectivity index (χ2v) is 7.08. The molecule has 2 heterocycles. The number of hydrogen-bond acceptors (Lipinski definition) is 5. The molecule has 0 atom stereocenters. The number of pyridine rings is 1. The number of nitro groups is 1. The molecule has 0 radical (unpaired) electrons. The van der Waals surface area contributed by atoms with Crippen molar-refractivity contribution < 1.29 is 4.92 Å². The van der Waals surface area contributed by atoms with E-state index in [-0.39, 0.29) is 17.1 Å². The van der Waals surface area contributed by atoms with E-state index in [4.69, 9.17) is 23.2 Å². The minimum atomic E-state index is -0.552. The number of benzene rings is 2. The van der Waals surface area contributed by atoms with Crippen LogP contribution in [-0.4, -0.2) is 19.5 Å². The third-order valence-electron chi connectivity index (χ3n) is 4.34. The van der Waals surface area contributed by atoms with Gasteiger partial charge < -0.3 is 0 Å². The Morgan fingerprint density at radius 3 is 2.50 bits per heavy atom. The van der Waals surface area contributed by atoms with Crippen LogP contribution < -0.4 is 5.56 Å². The Morgan fingerprint density at radius 1 is 1.00 bits per heavy atom. The molecule has 2 aromatic heterocycles. The van der Waals surface area contributed by atoms with Gasteiger partial charge in [-0.1, -0.05) is 47.5 Å². The van der Waals surface area contributed by atoms with Crippen molar-refractivity contribution in [3.63, 3.8) is 0 Å². The largest absolute Gasteiger partial charge is 0.287 e. The highest BCUT2D eigenvalue weighted by atomic mass is 35.5. The quantitative estimate of drug-likeness (QED) is 0.323. The number of rotatable bonds is 4. The first kappa shape index (κ1) is 19.8. The maximum atomic E-state index is 13.2. The molecule has 0 aliphatic heterocycles. The zero-order valence-electron chi connectivity index (χ0n) is 15.2. The third kappa shape index (κ3) is 3.80. The van der Waals surface area contributed by atoms with Crippen LogP contribution >= 0.6 is 23.2 Å². The van der Waals surface area contributed by atoms with Crippen LogP contribution in [0.2, 0.25) is 10.0 Å². The van der Waals surface area contributed by atoms with Crippen molar-refractivity contribution in [2.75, 3.05) is 0 Å². The van der Waals surface area contributed by atoms with Crippen molar-refractivity contribution in [1.82, 2.24) is 14.5 Å². The Balaban J connectivity index is 1.89. The molecule has 0 spiro atoms. The molecule has 7 nitrogen and oxygen atoms in total. The molecule has 148 valence electrons. The average molecular weight is 439 g/mol. The second kappa shape index (κ2) is 8.06. The molecule has 4 aromatic rings. The van der Waals surface area contributed by atoms with Gasteiger partial charge in [-0.25, -0.2) is 14.5 Å². The first-order valence-corrected chi connectivity index (χ1v) is 9.45. The molecule has 0 amide bonds. The molecule has 2 aromatic carbocycles. The number of nitrogens with zero attached hydrogens (tertiary/aromatic N) is 4. The van der Waals surface area contributed by atoms with Crippen LogP contribution in [0.4, 0.5) is 5.69 Å². The summed E-state index contributed by atoms with van der Waals surface area (Å²) in [5, 5.41) is 12.2. The van der Waals surface area contributed by atoms with Crippen LogP contribution in [0.3, 0.4) is 0 Å². The summed E-state index contributed by atoms with van der Waals surface area (Å²) in [6, 6.07) is 14.8. The summed E-state index contributed by atoms with van der Waals surface area (Å²) in [5.41, 5.74) is 0.772. The van der Waals surface area contributed by atoms with Crippen molar-refractivity contribution >= 4 is 51.9 Å². The minimum absolute atomic E-state index is 0.173. The predicted octanol–water partition coefficient (Wildman–Crippen LogP) is 5.17. The van der Waals surface area contributed by atoms with E-state index in [1.54, 1.807) is 54.6 Å². The van der Waals surface area contributed by atoms with Crippen molar-refractivity contribution in [3.8, 4) is 5.82 Å². The SMILES string of the molecule is O=c1c2ccccc2nc(/C=C/c2ccc(Cl)c(Cl)c2)n1-c1ccc([N+](=O)[O-])cn1. The third-order valence-corrected chi connectivity index (χ3v) is 5.08. The maximum absolute atomic E-state index is 13.2. The zero-order valence-corrected chi connectivity index (χ0v) is 16.7. The molecule has 30 heavy (non-hydrogen) atoms. The molecule has 0 unspecified atom stereocenters. The summed E-state index contributed by atoms with van der Waals surface area (Å²) in [7, 11) is 0. The van der Waals surface area contributed by atoms with Crippen LogP contribution in [-0.2, 0) is 0 Å². The van der Waals surface area contributed by atoms with Gasteiger partial charge in [0, 0.05) is 6.07 Å². The molecule has 0 saturated heterocycles. The molecule has 9 heteroatoms. The first-order chi connectivity index (χ1) is 14.4. The van der Waals surface area contributed by atoms with E-state index < -0.39 is 4.92 Å². The number of fused-ring (bicyclic) bond motifs is 1. The van der Waals surface area contributed by atoms with Gasteiger partial charge in [0.25, 0.3) is 11.2 Å². The van der Waals surface area contributed by atoms with Crippen LogP contribution in [0, 0.1) is 10.1 Å². The van der Waals surface area contributed by atoms with E-state index in [9.17, 15) is 14.9 Å². The topological polar surface area (TPSA) is 90.9 Å². The van der Waals surface area contributed by atoms with E-state index in [0.717, 1.165) is 11.8 Å². The summed E-state index contributed by atoms with van der Waals surface area (Å²) >= 11 is 12.0. The number of halogens is 2. The fourth-order valence-corrected chi connectivity index (χ4v) is 3.19. The van der Waals surface area contributed by atoms with Gasteiger partial charge in [0.1, 0.15) is 17.8 Å². The maximum Gasteiger partial charge on any atom is 0.287 e. The van der Waals surface area contributed by atoms with Gasteiger partial charge >= 0.3 is 0 Å². The van der Waals surface area contributed by atoms with Crippen LogP contribution in [0.25, 0.3) is 28.9 Å². The molecule has 0 saturated carbocycles. The molecule has 0 fully saturated rings.